The van der Waals surface area contributed by atoms with Crippen LogP contribution in [-0.4, -0.2) is 92.5 Å². The molecule has 1 aliphatic rings. The lowest BCUT2D eigenvalue weighted by molar-refractivity contribution is -0.103. The Morgan fingerprint density at radius 3 is 2.03 bits per heavy atom. The Kier molecular flexibility index (Phi) is 14.7. The number of hydrogen-bond acceptors (Lipinski definition) is 13. The molecule has 2 N–H and O–H groups in total. The summed E-state index contributed by atoms with van der Waals surface area (Å²) >= 11 is 0. The molecule has 16 heteroatoms. The fraction of sp³-hybridized carbons (Fsp3) is 0.354. The smallest absolute Gasteiger partial charge is 0.259 e. The monoisotopic (exact) mass is 887 g/mol. The molecule has 1 aliphatic heterocycles. The minimum atomic E-state index is -1.88. The summed E-state index contributed by atoms with van der Waals surface area (Å²) in [5.74, 6) is 1.17. The average Bonchev–Trinajstić information content (AvgIpc) is 3.84. The summed E-state index contributed by atoms with van der Waals surface area (Å²) in [7, 11) is 1.36. The Labute approximate surface area is 374 Å². The van der Waals surface area contributed by atoms with Crippen LogP contribution in [0.2, 0.25) is 0 Å². The van der Waals surface area contributed by atoms with Gasteiger partial charge in [-0.2, -0.15) is 5.26 Å². The second-order valence-corrected chi connectivity index (χ2v) is 17.4. The number of amides is 1. The van der Waals surface area contributed by atoms with E-state index in [0.717, 1.165) is 16.7 Å². The summed E-state index contributed by atoms with van der Waals surface area (Å²) in [4.78, 5) is 26.8. The summed E-state index contributed by atoms with van der Waals surface area (Å²) in [5, 5.41) is 25.3. The van der Waals surface area contributed by atoms with Crippen molar-refractivity contribution in [1.29, 1.82) is 5.26 Å². The van der Waals surface area contributed by atoms with E-state index in [9.17, 15) is 15.2 Å². The second kappa shape index (κ2) is 20.3. The maximum atomic E-state index is 13.2. The number of aliphatic hydroxyl groups is 1. The van der Waals surface area contributed by atoms with Crippen molar-refractivity contribution in [2.45, 2.75) is 82.8 Å². The maximum absolute atomic E-state index is 13.2. The lowest BCUT2D eigenvalue weighted by Gasteiger charge is -2.40. The minimum absolute atomic E-state index is 0.0272. The molecule has 0 radical (unpaired) electrons. The van der Waals surface area contributed by atoms with Crippen LogP contribution in [0.15, 0.2) is 122 Å². The van der Waals surface area contributed by atoms with Gasteiger partial charge >= 0.3 is 0 Å². The van der Waals surface area contributed by atoms with Gasteiger partial charge in [-0.1, -0.05) is 72.8 Å². The molecule has 64 heavy (non-hydrogen) atoms. The van der Waals surface area contributed by atoms with Gasteiger partial charge < -0.3 is 38.4 Å². The third kappa shape index (κ3) is 9.50. The van der Waals surface area contributed by atoms with Gasteiger partial charge in [0.15, 0.2) is 23.2 Å². The number of carbonyl (C=O) groups is 1. The topological polar surface area (TPSA) is 175 Å². The molecule has 4 aromatic carbocycles. The lowest BCUT2D eigenvalue weighted by Crippen LogP contribution is -2.48. The van der Waals surface area contributed by atoms with E-state index in [2.05, 4.69) is 31.0 Å². The molecule has 5 atom stereocenters. The molecule has 6 aromatic rings. The van der Waals surface area contributed by atoms with Crippen molar-refractivity contribution >= 4 is 31.4 Å². The highest BCUT2D eigenvalue weighted by atomic mass is 31.2. The van der Waals surface area contributed by atoms with Gasteiger partial charge in [0.05, 0.1) is 46.3 Å². The number of methoxy groups -OCH3 is 2. The van der Waals surface area contributed by atoms with Crippen molar-refractivity contribution in [1.82, 2.24) is 24.2 Å². The van der Waals surface area contributed by atoms with Crippen molar-refractivity contribution < 1.29 is 37.9 Å². The van der Waals surface area contributed by atoms with Crippen molar-refractivity contribution in [3.05, 3.63) is 144 Å². The van der Waals surface area contributed by atoms with Crippen LogP contribution < -0.4 is 14.8 Å². The number of hydrogen-bond donors (Lipinski definition) is 2. The summed E-state index contributed by atoms with van der Waals surface area (Å²) < 4.78 is 42.6. The number of fused-ring (bicyclic) bond motifs is 1. The molecule has 1 amide bonds. The third-order valence-electron chi connectivity index (χ3n) is 11.1. The number of nitrogens with one attached hydrogen (secondary N) is 1. The number of ether oxygens (including phenoxy) is 4. The van der Waals surface area contributed by atoms with Gasteiger partial charge in [0.2, 0.25) is 0 Å². The molecular weight excluding hydrogens is 834 g/mol. The molecule has 7 rings (SSSR count). The summed E-state index contributed by atoms with van der Waals surface area (Å²) in [6, 6.07) is 36.2. The Morgan fingerprint density at radius 2 is 1.47 bits per heavy atom. The second-order valence-electron chi connectivity index (χ2n) is 16.0. The van der Waals surface area contributed by atoms with E-state index in [1.54, 1.807) is 50.0 Å². The van der Waals surface area contributed by atoms with Crippen LogP contribution in [0.25, 0.3) is 11.2 Å². The lowest BCUT2D eigenvalue weighted by atomic mass is 9.80. The average molecular weight is 888 g/mol. The molecule has 15 nitrogen and oxygen atoms in total. The van der Waals surface area contributed by atoms with Gasteiger partial charge in [0.25, 0.3) is 14.4 Å². The van der Waals surface area contributed by atoms with Crippen molar-refractivity contribution in [3.63, 3.8) is 0 Å². The predicted molar refractivity (Wildman–Crippen MR) is 243 cm³/mol. The number of carbonyl (C=O) groups excluding carboxylic acids is 1. The van der Waals surface area contributed by atoms with E-state index in [1.807, 2.05) is 113 Å². The highest BCUT2D eigenvalue weighted by Crippen LogP contribution is 2.53. The number of benzene rings is 4. The van der Waals surface area contributed by atoms with Crippen molar-refractivity contribution in [3.8, 4) is 17.6 Å². The molecule has 2 aromatic heterocycles. The van der Waals surface area contributed by atoms with Gasteiger partial charge in [0, 0.05) is 17.6 Å². The van der Waals surface area contributed by atoms with Crippen LogP contribution >= 0.6 is 8.53 Å². The SMILES string of the molecule is COc1ccc(C(OC[C@H]2O[C@@H](n3cnc4c(NC(=O)c5ccccc5)ncnc43)[C@](C)(O)[C@@H]2OP(OCCC#N)N(C(C)C)C(C)C)(c2ccccc2)c2ccc(OC)cc2)cc1. The first-order chi connectivity index (χ1) is 30.9. The molecule has 1 unspecified atom stereocenters. The minimum Gasteiger partial charge on any atom is -0.497 e. The molecular formula is C48H54N7O8P. The molecule has 1 fully saturated rings. The van der Waals surface area contributed by atoms with Gasteiger partial charge in [-0.25, -0.2) is 19.6 Å². The Hall–Kier alpha value is -5.82. The summed E-state index contributed by atoms with van der Waals surface area (Å²) in [5.41, 5.74) is 0.468. The van der Waals surface area contributed by atoms with Crippen LogP contribution in [0, 0.1) is 11.3 Å². The van der Waals surface area contributed by atoms with E-state index >= 15 is 0 Å². The summed E-state index contributed by atoms with van der Waals surface area (Å²) in [6.45, 7) is 9.83. The molecule has 3 heterocycles. The zero-order valence-corrected chi connectivity index (χ0v) is 37.9. The number of rotatable bonds is 19. The van der Waals surface area contributed by atoms with Gasteiger partial charge in [-0.3, -0.25) is 9.36 Å². The molecule has 334 valence electrons. The zero-order valence-electron chi connectivity index (χ0n) is 37.0. The number of anilines is 1. The third-order valence-corrected chi connectivity index (χ3v) is 13.2. The van der Waals surface area contributed by atoms with E-state index in [4.69, 9.17) is 28.0 Å². The highest BCUT2D eigenvalue weighted by Gasteiger charge is 2.57. The Bertz CT molecular complexity index is 2440. The molecule has 0 saturated carbocycles. The predicted octanol–water partition coefficient (Wildman–Crippen LogP) is 8.41. The fourth-order valence-electron chi connectivity index (χ4n) is 8.10. The fourth-order valence-corrected chi connectivity index (χ4v) is 9.95. The number of nitriles is 1. The molecule has 0 bridgehead atoms. The van der Waals surface area contributed by atoms with Crippen LogP contribution in [0.3, 0.4) is 0 Å². The normalized spacial score (nSPS) is 19.2. The first-order valence-corrected chi connectivity index (χ1v) is 22.2. The molecule has 0 spiro atoms. The van der Waals surface area contributed by atoms with Crippen molar-refractivity contribution in [2.24, 2.45) is 0 Å². The van der Waals surface area contributed by atoms with E-state index in [1.165, 1.54) is 12.7 Å². The van der Waals surface area contributed by atoms with E-state index in [0.29, 0.717) is 28.2 Å². The maximum Gasteiger partial charge on any atom is 0.259 e. The Morgan fingerprint density at radius 1 is 0.891 bits per heavy atom. The zero-order chi connectivity index (χ0) is 45.4. The highest BCUT2D eigenvalue weighted by molar-refractivity contribution is 7.44. The van der Waals surface area contributed by atoms with Crippen LogP contribution in [-0.2, 0) is 24.1 Å². The standard InChI is InChI=1S/C48H54N7O8P/c1-32(2)55(33(3)4)64(61-28-14-27-49)63-42-40(62-46(47(42,5)57)54-31-52-41-43(50-30-51-44(41)54)53-45(56)34-15-10-8-11-16-34)29-60-48(35-17-12-9-13-18-35,36-19-23-38(58-6)24-20-36)37-21-25-39(59-7)26-22-37/h8-13,15-26,30-33,40,42,46,57H,14,28-29H2,1-7H3,(H,50,51,53,56)/t40-,42-,46-,47-,64?/m1/s1. The van der Waals surface area contributed by atoms with Crippen LogP contribution in [0.4, 0.5) is 5.82 Å². The van der Waals surface area contributed by atoms with Crippen LogP contribution in [0.5, 0.6) is 11.5 Å². The summed E-state index contributed by atoms with van der Waals surface area (Å²) in [6.07, 6.45) is -0.196. The largest absolute Gasteiger partial charge is 0.497 e. The quantitative estimate of drug-likeness (QED) is 0.0451. The molecule has 1 saturated heterocycles. The van der Waals surface area contributed by atoms with Gasteiger partial charge in [0.1, 0.15) is 41.2 Å². The Balaban J connectivity index is 1.33. The van der Waals surface area contributed by atoms with E-state index < -0.39 is 38.2 Å². The first-order valence-electron chi connectivity index (χ1n) is 21.1. The van der Waals surface area contributed by atoms with Crippen LogP contribution in [0.1, 0.15) is 74.3 Å². The number of aromatic nitrogens is 4. The van der Waals surface area contributed by atoms with Gasteiger partial charge in [-0.15, -0.1) is 0 Å². The van der Waals surface area contributed by atoms with Gasteiger partial charge in [-0.05, 0) is 87.7 Å². The number of imidazole rings is 1. The van der Waals surface area contributed by atoms with Crippen molar-refractivity contribution in [2.75, 3.05) is 32.8 Å². The first kappa shape index (κ1) is 46.2. The van der Waals surface area contributed by atoms with E-state index in [-0.39, 0.29) is 43.4 Å². The molecule has 0 aliphatic carbocycles. The number of nitrogens with zero attached hydrogens (tertiary/aromatic N) is 6.